The predicted octanol–water partition coefficient (Wildman–Crippen LogP) is 2.27. The number of nitrogens with zero attached hydrogens (tertiary/aromatic N) is 1. The van der Waals surface area contributed by atoms with Crippen molar-refractivity contribution >= 4 is 40.1 Å². The van der Waals surface area contributed by atoms with Crippen LogP contribution in [0.15, 0.2) is 16.6 Å². The Morgan fingerprint density at radius 2 is 2.22 bits per heavy atom. The largest absolute Gasteiger partial charge is 0.502 e. The van der Waals surface area contributed by atoms with E-state index in [-0.39, 0.29) is 24.6 Å². The summed E-state index contributed by atoms with van der Waals surface area (Å²) in [5.74, 6) is -0.464. The minimum absolute atomic E-state index is 0. The lowest BCUT2D eigenvalue weighted by molar-refractivity contribution is -0.386. The highest BCUT2D eigenvalue weighted by molar-refractivity contribution is 9.10. The molecule has 0 radical (unpaired) electrons. The van der Waals surface area contributed by atoms with Crippen LogP contribution < -0.4 is 5.32 Å². The van der Waals surface area contributed by atoms with Gasteiger partial charge in [0.1, 0.15) is 6.61 Å². The number of amides is 1. The van der Waals surface area contributed by atoms with Crippen LogP contribution in [0.3, 0.4) is 0 Å². The highest BCUT2D eigenvalue weighted by atomic mass is 79.9. The highest BCUT2D eigenvalue weighted by Gasteiger charge is 2.30. The molecule has 1 atom stereocenters. The maximum absolute atomic E-state index is 10.9. The molecule has 0 unspecified atom stereocenters. The minimum atomic E-state index is -0.693. The first-order valence-electron chi connectivity index (χ1n) is 4.59. The van der Waals surface area contributed by atoms with Crippen LogP contribution in [0.2, 0.25) is 0 Å². The summed E-state index contributed by atoms with van der Waals surface area (Å²) in [5, 5.41) is 22.9. The summed E-state index contributed by atoms with van der Waals surface area (Å²) in [6, 6.07) is 2.11. The van der Waals surface area contributed by atoms with Crippen LogP contribution in [0.5, 0.6) is 5.75 Å². The molecule has 1 amide bonds. The molecule has 98 valence electrons. The lowest BCUT2D eigenvalue weighted by Crippen LogP contribution is -2.18. The molecule has 0 aliphatic carbocycles. The topological polar surface area (TPSA) is 102 Å². The third-order valence-electron chi connectivity index (χ3n) is 2.33. The van der Waals surface area contributed by atoms with E-state index in [0.29, 0.717) is 4.47 Å². The van der Waals surface area contributed by atoms with Crippen LogP contribution >= 0.6 is 28.3 Å². The Kier molecular flexibility index (Phi) is 4.36. The summed E-state index contributed by atoms with van der Waals surface area (Å²) in [6.45, 7) is 0.0278. The number of phenolic OH excluding ortho intramolecular Hbond substituents is 1. The fraction of sp³-hybridized carbons (Fsp3) is 0.222. The second kappa shape index (κ2) is 5.40. The number of hydrogen-bond acceptors (Lipinski definition) is 5. The van der Waals surface area contributed by atoms with Gasteiger partial charge in [0.15, 0.2) is 5.75 Å². The first kappa shape index (κ1) is 14.5. The maximum atomic E-state index is 10.9. The van der Waals surface area contributed by atoms with Crippen molar-refractivity contribution in [2.75, 3.05) is 6.61 Å². The van der Waals surface area contributed by atoms with Gasteiger partial charge < -0.3 is 15.2 Å². The van der Waals surface area contributed by atoms with Gasteiger partial charge in [-0.3, -0.25) is 10.1 Å². The zero-order chi connectivity index (χ0) is 12.6. The molecule has 0 aromatic heterocycles. The molecule has 1 aliphatic heterocycles. The molecule has 1 fully saturated rings. The molecule has 1 aliphatic rings. The minimum Gasteiger partial charge on any atom is -0.502 e. The number of nitrogens with one attached hydrogen (secondary N) is 1. The number of carbonyl (C=O) groups is 1. The average Bonchev–Trinajstić information content (AvgIpc) is 2.67. The summed E-state index contributed by atoms with van der Waals surface area (Å²) >= 11 is 3.11. The molecule has 18 heavy (non-hydrogen) atoms. The number of phenols is 1. The van der Waals surface area contributed by atoms with Crippen molar-refractivity contribution in [1.29, 1.82) is 0 Å². The van der Waals surface area contributed by atoms with E-state index in [1.54, 1.807) is 0 Å². The monoisotopic (exact) mass is 338 g/mol. The zero-order valence-electron chi connectivity index (χ0n) is 8.75. The number of carbonyl (C=O) groups excluding carboxylic acids is 1. The molecule has 1 aromatic carbocycles. The average molecular weight is 340 g/mol. The molecule has 0 bridgehead atoms. The molecule has 9 heteroatoms. The number of halogens is 2. The fourth-order valence-corrected chi connectivity index (χ4v) is 2.03. The van der Waals surface area contributed by atoms with Gasteiger partial charge in [0.25, 0.3) is 0 Å². The first-order valence-corrected chi connectivity index (χ1v) is 5.38. The molecule has 1 saturated heterocycles. The Hall–Kier alpha value is -1.54. The smallest absolute Gasteiger partial charge is 0.407 e. The SMILES string of the molecule is Cl.O=C1N[C@@H](c2cc(Br)cc([N+](=O)[O-])c2O)CO1. The van der Waals surface area contributed by atoms with Gasteiger partial charge in [0, 0.05) is 16.1 Å². The van der Waals surface area contributed by atoms with Crippen molar-refractivity contribution in [1.82, 2.24) is 5.32 Å². The van der Waals surface area contributed by atoms with Crippen LogP contribution in [-0.4, -0.2) is 22.7 Å². The predicted molar refractivity (Wildman–Crippen MR) is 66.9 cm³/mol. The number of nitro benzene ring substituents is 1. The summed E-state index contributed by atoms with van der Waals surface area (Å²) < 4.78 is 5.11. The summed E-state index contributed by atoms with van der Waals surface area (Å²) in [7, 11) is 0. The van der Waals surface area contributed by atoms with Gasteiger partial charge in [0.2, 0.25) is 0 Å². The number of rotatable bonds is 2. The van der Waals surface area contributed by atoms with E-state index in [1.807, 2.05) is 0 Å². The number of aromatic hydroxyl groups is 1. The quantitative estimate of drug-likeness (QED) is 0.635. The number of nitro groups is 1. The first-order chi connectivity index (χ1) is 7.99. The Balaban J connectivity index is 0.00000162. The molecule has 1 aromatic rings. The van der Waals surface area contributed by atoms with Gasteiger partial charge >= 0.3 is 11.8 Å². The highest BCUT2D eigenvalue weighted by Crippen LogP contribution is 2.37. The second-order valence-electron chi connectivity index (χ2n) is 3.42. The normalized spacial score (nSPS) is 17.6. The number of hydrogen-bond donors (Lipinski definition) is 2. The van der Waals surface area contributed by atoms with E-state index in [2.05, 4.69) is 26.0 Å². The van der Waals surface area contributed by atoms with Crippen LogP contribution in [0.25, 0.3) is 0 Å². The fourth-order valence-electron chi connectivity index (χ4n) is 1.56. The zero-order valence-corrected chi connectivity index (χ0v) is 11.2. The molecule has 7 nitrogen and oxygen atoms in total. The van der Waals surface area contributed by atoms with E-state index in [0.717, 1.165) is 0 Å². The molecule has 0 spiro atoms. The van der Waals surface area contributed by atoms with E-state index in [4.69, 9.17) is 0 Å². The molecule has 0 saturated carbocycles. The van der Waals surface area contributed by atoms with Gasteiger partial charge in [-0.05, 0) is 6.07 Å². The van der Waals surface area contributed by atoms with Crippen LogP contribution in [-0.2, 0) is 4.74 Å². The Morgan fingerprint density at radius 1 is 1.56 bits per heavy atom. The number of benzene rings is 1. The number of alkyl carbamates (subject to hydrolysis) is 1. The van der Waals surface area contributed by atoms with Crippen LogP contribution in [0, 0.1) is 10.1 Å². The number of cyclic esters (lactones) is 1. The molecule has 1 heterocycles. The molecular formula is C9H8BrClN2O5. The van der Waals surface area contributed by atoms with Crippen molar-refractivity contribution in [3.05, 3.63) is 32.3 Å². The van der Waals surface area contributed by atoms with Crippen molar-refractivity contribution in [3.63, 3.8) is 0 Å². The number of ether oxygens (including phenoxy) is 1. The maximum Gasteiger partial charge on any atom is 0.407 e. The van der Waals surface area contributed by atoms with Crippen LogP contribution in [0.1, 0.15) is 11.6 Å². The van der Waals surface area contributed by atoms with Gasteiger partial charge in [-0.2, -0.15) is 0 Å². The van der Waals surface area contributed by atoms with Gasteiger partial charge in [-0.15, -0.1) is 12.4 Å². The summed E-state index contributed by atoms with van der Waals surface area (Å²) in [5.41, 5.74) is -0.174. The molecule has 2 N–H and O–H groups in total. The van der Waals surface area contributed by atoms with E-state index < -0.39 is 28.5 Å². The standard InChI is InChI=1S/C9H7BrN2O5.ClH/c10-4-1-5(6-3-17-9(14)11-6)8(13)7(2-4)12(15)16;/h1-2,6,13H,3H2,(H,11,14);1H/t6-;/m1./s1. The van der Waals surface area contributed by atoms with Crippen molar-refractivity contribution in [2.24, 2.45) is 0 Å². The Labute approximate surface area is 116 Å². The van der Waals surface area contributed by atoms with E-state index in [1.165, 1.54) is 12.1 Å². The van der Waals surface area contributed by atoms with Crippen molar-refractivity contribution < 1.29 is 19.6 Å². The van der Waals surface area contributed by atoms with Gasteiger partial charge in [-0.1, -0.05) is 15.9 Å². The summed E-state index contributed by atoms with van der Waals surface area (Å²) in [6.07, 6.45) is -0.614. The third kappa shape index (κ3) is 2.65. The lowest BCUT2D eigenvalue weighted by Gasteiger charge is -2.10. The van der Waals surface area contributed by atoms with Gasteiger partial charge in [0.05, 0.1) is 11.0 Å². The lowest BCUT2D eigenvalue weighted by atomic mass is 10.1. The third-order valence-corrected chi connectivity index (χ3v) is 2.79. The van der Waals surface area contributed by atoms with Crippen molar-refractivity contribution in [2.45, 2.75) is 6.04 Å². The van der Waals surface area contributed by atoms with E-state index in [9.17, 15) is 20.0 Å². The van der Waals surface area contributed by atoms with Crippen molar-refractivity contribution in [3.8, 4) is 5.75 Å². The molecule has 2 rings (SSSR count). The Bertz CT molecular complexity index is 510. The summed E-state index contributed by atoms with van der Waals surface area (Å²) in [4.78, 5) is 20.9. The van der Waals surface area contributed by atoms with Gasteiger partial charge in [-0.25, -0.2) is 4.79 Å². The molecular weight excluding hydrogens is 331 g/mol. The Morgan fingerprint density at radius 3 is 2.72 bits per heavy atom. The van der Waals surface area contributed by atoms with E-state index >= 15 is 0 Å². The second-order valence-corrected chi connectivity index (χ2v) is 4.33. The van der Waals surface area contributed by atoms with Crippen LogP contribution in [0.4, 0.5) is 10.5 Å².